The van der Waals surface area contributed by atoms with Gasteiger partial charge in [-0.15, -0.1) is 12.3 Å². The summed E-state index contributed by atoms with van der Waals surface area (Å²) in [5, 5.41) is 1.35. The van der Waals surface area contributed by atoms with E-state index in [1.54, 1.807) is 18.2 Å². The molecule has 0 amide bonds. The first-order chi connectivity index (χ1) is 15.8. The molecule has 1 fully saturated rings. The van der Waals surface area contributed by atoms with E-state index in [0.717, 1.165) is 31.1 Å². The van der Waals surface area contributed by atoms with Crippen molar-refractivity contribution in [3.63, 3.8) is 0 Å². The van der Waals surface area contributed by atoms with E-state index in [1.165, 1.54) is 17.7 Å². The van der Waals surface area contributed by atoms with E-state index in [1.807, 2.05) is 18.2 Å². The van der Waals surface area contributed by atoms with Crippen molar-refractivity contribution < 1.29 is 22.3 Å². The molecule has 0 heterocycles. The first-order valence-electron chi connectivity index (χ1n) is 10.8. The van der Waals surface area contributed by atoms with Crippen molar-refractivity contribution in [2.24, 2.45) is 5.92 Å². The van der Waals surface area contributed by atoms with Crippen LogP contribution >= 0.6 is 0 Å². The molecule has 0 saturated heterocycles. The lowest BCUT2D eigenvalue weighted by atomic mass is 9.78. The summed E-state index contributed by atoms with van der Waals surface area (Å²) in [7, 11) is 0. The summed E-state index contributed by atoms with van der Waals surface area (Å²) in [5.74, 6) is 9.05. The van der Waals surface area contributed by atoms with Crippen molar-refractivity contribution >= 4 is 10.8 Å². The van der Waals surface area contributed by atoms with Crippen molar-refractivity contribution in [3.8, 4) is 29.9 Å². The van der Waals surface area contributed by atoms with Crippen LogP contribution in [0.25, 0.3) is 10.8 Å². The summed E-state index contributed by atoms with van der Waals surface area (Å²) in [6.07, 6.45) is 5.29. The highest BCUT2D eigenvalue weighted by Crippen LogP contribution is 2.37. The van der Waals surface area contributed by atoms with Crippen molar-refractivity contribution in [3.05, 3.63) is 77.1 Å². The molecule has 0 spiro atoms. The third-order valence-electron chi connectivity index (χ3n) is 6.01. The predicted molar refractivity (Wildman–Crippen MR) is 121 cm³/mol. The average Bonchev–Trinajstić information content (AvgIpc) is 2.82. The molecule has 5 heteroatoms. The molecule has 0 aliphatic heterocycles. The number of fused-ring (bicyclic) bond motifs is 1. The van der Waals surface area contributed by atoms with E-state index in [4.69, 9.17) is 6.42 Å². The molecule has 1 nitrogen and oxygen atoms in total. The minimum atomic E-state index is -4.39. The van der Waals surface area contributed by atoms with Gasteiger partial charge < -0.3 is 4.74 Å². The zero-order valence-corrected chi connectivity index (χ0v) is 17.9. The molecule has 0 radical (unpaired) electrons. The summed E-state index contributed by atoms with van der Waals surface area (Å²) in [4.78, 5) is 0. The lowest BCUT2D eigenvalue weighted by Crippen LogP contribution is -2.19. The van der Waals surface area contributed by atoms with Gasteiger partial charge in [0, 0.05) is 16.9 Å². The van der Waals surface area contributed by atoms with E-state index in [-0.39, 0.29) is 17.1 Å². The maximum Gasteiger partial charge on any atom is 0.422 e. The van der Waals surface area contributed by atoms with E-state index in [2.05, 4.69) is 28.6 Å². The lowest BCUT2D eigenvalue weighted by Gasteiger charge is -2.26. The van der Waals surface area contributed by atoms with Gasteiger partial charge in [0.1, 0.15) is 11.6 Å². The predicted octanol–water partition coefficient (Wildman–Crippen LogP) is 7.23. The fourth-order valence-electron chi connectivity index (χ4n) is 4.19. The highest BCUT2D eigenvalue weighted by atomic mass is 19.4. The molecular weight excluding hydrogens is 428 g/mol. The van der Waals surface area contributed by atoms with Crippen LogP contribution in [0.3, 0.4) is 0 Å². The first-order valence-corrected chi connectivity index (χ1v) is 10.8. The van der Waals surface area contributed by atoms with Gasteiger partial charge in [0.25, 0.3) is 0 Å². The average molecular weight is 450 g/mol. The van der Waals surface area contributed by atoms with Gasteiger partial charge in [-0.3, -0.25) is 0 Å². The molecule has 3 aromatic rings. The minimum Gasteiger partial charge on any atom is -0.484 e. The van der Waals surface area contributed by atoms with Crippen LogP contribution in [0.2, 0.25) is 0 Å². The monoisotopic (exact) mass is 450 g/mol. The smallest absolute Gasteiger partial charge is 0.422 e. The number of halogens is 4. The van der Waals surface area contributed by atoms with Crippen LogP contribution in [0.15, 0.2) is 54.6 Å². The van der Waals surface area contributed by atoms with E-state index in [0.29, 0.717) is 22.8 Å². The van der Waals surface area contributed by atoms with Gasteiger partial charge in [0.05, 0.1) is 5.56 Å². The second-order valence-electron chi connectivity index (χ2n) is 8.30. The number of rotatable bonds is 3. The van der Waals surface area contributed by atoms with E-state index >= 15 is 4.39 Å². The molecule has 1 saturated carbocycles. The van der Waals surface area contributed by atoms with Gasteiger partial charge in [0.15, 0.2) is 6.61 Å². The van der Waals surface area contributed by atoms with Crippen molar-refractivity contribution in [2.45, 2.75) is 37.8 Å². The molecule has 0 unspecified atom stereocenters. The fourth-order valence-corrected chi connectivity index (χ4v) is 4.19. The van der Waals surface area contributed by atoms with Gasteiger partial charge in [-0.2, -0.15) is 13.2 Å². The lowest BCUT2D eigenvalue weighted by molar-refractivity contribution is -0.153. The first kappa shape index (κ1) is 22.7. The van der Waals surface area contributed by atoms with Crippen LogP contribution in [0, 0.1) is 35.9 Å². The standard InChI is InChI=1S/C28H22F4O/c1-2-19-3-8-21(9-4-19)23-13-16-26-24(17-23)12-11-22(27(26)29)10-5-20-6-14-25(15-7-20)33-18-28(30,31)32/h1,6-7,11-17,19,21H,3-4,8-9,18H2. The van der Waals surface area contributed by atoms with Crippen molar-refractivity contribution in [1.82, 2.24) is 0 Å². The maximum absolute atomic E-state index is 15.1. The molecule has 3 aromatic carbocycles. The summed E-state index contributed by atoms with van der Waals surface area (Å²) < 4.78 is 56.4. The minimum absolute atomic E-state index is 0.0957. The Morgan fingerprint density at radius 2 is 1.64 bits per heavy atom. The Morgan fingerprint density at radius 3 is 2.30 bits per heavy atom. The molecular formula is C28H22F4O. The summed E-state index contributed by atoms with van der Waals surface area (Å²) in [6.45, 7) is -1.35. The number of hydrogen-bond acceptors (Lipinski definition) is 1. The molecule has 168 valence electrons. The summed E-state index contributed by atoms with van der Waals surface area (Å²) >= 11 is 0. The largest absolute Gasteiger partial charge is 0.484 e. The zero-order valence-electron chi connectivity index (χ0n) is 17.9. The number of benzene rings is 3. The Balaban J connectivity index is 1.49. The Hall–Kier alpha value is -3.44. The van der Waals surface area contributed by atoms with Crippen LogP contribution in [-0.2, 0) is 0 Å². The van der Waals surface area contributed by atoms with Crippen LogP contribution in [0.1, 0.15) is 48.3 Å². The molecule has 0 aromatic heterocycles. The molecule has 0 bridgehead atoms. The van der Waals surface area contributed by atoms with Gasteiger partial charge in [0.2, 0.25) is 0 Å². The molecule has 0 N–H and O–H groups in total. The normalized spacial score (nSPS) is 18.3. The van der Waals surface area contributed by atoms with Gasteiger partial charge in [-0.25, -0.2) is 4.39 Å². The van der Waals surface area contributed by atoms with Crippen LogP contribution in [-0.4, -0.2) is 12.8 Å². The zero-order chi connectivity index (χ0) is 23.4. The Morgan fingerprint density at radius 1 is 0.909 bits per heavy atom. The van der Waals surface area contributed by atoms with Gasteiger partial charge in [-0.1, -0.05) is 36.1 Å². The van der Waals surface area contributed by atoms with Gasteiger partial charge >= 0.3 is 6.18 Å². The van der Waals surface area contributed by atoms with Crippen molar-refractivity contribution in [2.75, 3.05) is 6.61 Å². The highest BCUT2D eigenvalue weighted by molar-refractivity contribution is 5.85. The van der Waals surface area contributed by atoms with Crippen molar-refractivity contribution in [1.29, 1.82) is 0 Å². The summed E-state index contributed by atoms with van der Waals surface area (Å²) in [5.41, 5.74) is 2.03. The molecule has 33 heavy (non-hydrogen) atoms. The van der Waals surface area contributed by atoms with Gasteiger partial charge in [-0.05, 0) is 72.9 Å². The number of alkyl halides is 3. The molecule has 1 aliphatic carbocycles. The molecule has 4 rings (SSSR count). The topological polar surface area (TPSA) is 9.23 Å². The third kappa shape index (κ3) is 5.68. The quantitative estimate of drug-likeness (QED) is 0.302. The Labute approximate surface area is 190 Å². The molecule has 1 aliphatic rings. The SMILES string of the molecule is C#CC1CCC(c2ccc3c(F)c(C#Cc4ccc(OCC(F)(F)F)cc4)ccc3c2)CC1. The summed E-state index contributed by atoms with van der Waals surface area (Å²) in [6, 6.07) is 15.3. The highest BCUT2D eigenvalue weighted by Gasteiger charge is 2.28. The molecule has 0 atom stereocenters. The van der Waals surface area contributed by atoms with Crippen LogP contribution in [0.5, 0.6) is 5.75 Å². The van der Waals surface area contributed by atoms with Crippen LogP contribution in [0.4, 0.5) is 17.6 Å². The fraction of sp³-hybridized carbons (Fsp3) is 0.286. The van der Waals surface area contributed by atoms with Crippen LogP contribution < -0.4 is 4.74 Å². The third-order valence-corrected chi connectivity index (χ3v) is 6.01. The van der Waals surface area contributed by atoms with E-state index < -0.39 is 12.8 Å². The van der Waals surface area contributed by atoms with E-state index in [9.17, 15) is 13.2 Å². The number of hydrogen-bond donors (Lipinski definition) is 0. The Bertz CT molecular complexity index is 1230. The maximum atomic E-state index is 15.1. The second kappa shape index (κ2) is 9.59. The number of ether oxygens (including phenoxy) is 1. The Kier molecular flexibility index (Phi) is 6.61. The number of terminal acetylenes is 1. The second-order valence-corrected chi connectivity index (χ2v) is 8.30.